The van der Waals surface area contributed by atoms with Crippen LogP contribution in [0.3, 0.4) is 0 Å². The van der Waals surface area contributed by atoms with Crippen molar-refractivity contribution in [2.24, 2.45) is 0 Å². The quantitative estimate of drug-likeness (QED) is 0.559. The van der Waals surface area contributed by atoms with Gasteiger partial charge in [0.25, 0.3) is 5.56 Å². The largest absolute Gasteiger partial charge is 0.338 e. The molecule has 0 bridgehead atoms. The maximum atomic E-state index is 12.8. The zero-order valence-electron chi connectivity index (χ0n) is 15.0. The molecule has 0 spiro atoms. The van der Waals surface area contributed by atoms with E-state index in [4.69, 9.17) is 12.2 Å². The van der Waals surface area contributed by atoms with Gasteiger partial charge in [-0.05, 0) is 32.0 Å². The lowest BCUT2D eigenvalue weighted by Crippen LogP contribution is -2.44. The first-order valence-corrected chi connectivity index (χ1v) is 10.3. The third kappa shape index (κ3) is 3.66. The van der Waals surface area contributed by atoms with Gasteiger partial charge in [-0.2, -0.15) is 0 Å². The Hall–Kier alpha value is -1.80. The van der Waals surface area contributed by atoms with E-state index in [2.05, 4.69) is 11.6 Å². The SMILES string of the molecule is C=CCn1c(=S)sc2c(=O)n(CC(=O)N(CC)C3CCCCC3)cnc21. The molecule has 1 fully saturated rings. The van der Waals surface area contributed by atoms with Gasteiger partial charge in [0.05, 0.1) is 0 Å². The highest BCUT2D eigenvalue weighted by Crippen LogP contribution is 2.23. The first-order chi connectivity index (χ1) is 12.6. The van der Waals surface area contributed by atoms with E-state index in [1.807, 2.05) is 11.8 Å². The molecule has 0 aromatic carbocycles. The number of thiazole rings is 1. The topological polar surface area (TPSA) is 60.1 Å². The zero-order chi connectivity index (χ0) is 18.7. The molecule has 0 aliphatic heterocycles. The molecule has 2 heterocycles. The lowest BCUT2D eigenvalue weighted by atomic mass is 9.94. The van der Waals surface area contributed by atoms with Crippen molar-refractivity contribution >= 4 is 39.8 Å². The zero-order valence-corrected chi connectivity index (χ0v) is 16.7. The summed E-state index contributed by atoms with van der Waals surface area (Å²) in [5, 5.41) is 0. The molecule has 1 aliphatic carbocycles. The normalized spacial score (nSPS) is 15.3. The first-order valence-electron chi connectivity index (χ1n) is 9.06. The van der Waals surface area contributed by atoms with E-state index in [1.54, 1.807) is 10.6 Å². The van der Waals surface area contributed by atoms with E-state index in [0.29, 0.717) is 33.4 Å². The highest BCUT2D eigenvalue weighted by atomic mass is 32.1. The third-order valence-corrected chi connectivity index (χ3v) is 6.36. The van der Waals surface area contributed by atoms with Gasteiger partial charge in [-0.3, -0.25) is 14.2 Å². The number of carbonyl (C=O) groups excluding carboxylic acids is 1. The van der Waals surface area contributed by atoms with Crippen molar-refractivity contribution in [2.45, 2.75) is 58.2 Å². The number of fused-ring (bicyclic) bond motifs is 1. The van der Waals surface area contributed by atoms with E-state index in [1.165, 1.54) is 41.5 Å². The first kappa shape index (κ1) is 19.0. The summed E-state index contributed by atoms with van der Waals surface area (Å²) >= 11 is 6.56. The van der Waals surface area contributed by atoms with Gasteiger partial charge < -0.3 is 9.47 Å². The minimum absolute atomic E-state index is 0.0169. The minimum Gasteiger partial charge on any atom is -0.338 e. The van der Waals surface area contributed by atoms with Gasteiger partial charge in [0.2, 0.25) is 5.91 Å². The van der Waals surface area contributed by atoms with E-state index < -0.39 is 0 Å². The minimum atomic E-state index is -0.207. The van der Waals surface area contributed by atoms with Crippen LogP contribution in [0.25, 0.3) is 10.3 Å². The number of carbonyl (C=O) groups is 1. The van der Waals surface area contributed by atoms with Crippen LogP contribution in [0.2, 0.25) is 0 Å². The molecule has 1 amide bonds. The number of hydrogen-bond acceptors (Lipinski definition) is 5. The Morgan fingerprint density at radius 1 is 1.46 bits per heavy atom. The van der Waals surface area contributed by atoms with E-state index in [0.717, 1.165) is 12.8 Å². The average Bonchev–Trinajstić information content (AvgIpc) is 2.96. The molecule has 0 radical (unpaired) electrons. The molecule has 26 heavy (non-hydrogen) atoms. The number of hydrogen-bond donors (Lipinski definition) is 0. The molecular formula is C18H24N4O2S2. The number of rotatable bonds is 6. The highest BCUT2D eigenvalue weighted by Gasteiger charge is 2.24. The fraction of sp³-hybridized carbons (Fsp3) is 0.556. The number of nitrogens with zero attached hydrogens (tertiary/aromatic N) is 4. The van der Waals surface area contributed by atoms with Gasteiger partial charge in [0, 0.05) is 19.1 Å². The molecule has 3 rings (SSSR count). The number of aromatic nitrogens is 3. The summed E-state index contributed by atoms with van der Waals surface area (Å²) in [4.78, 5) is 31.9. The lowest BCUT2D eigenvalue weighted by Gasteiger charge is -2.33. The van der Waals surface area contributed by atoms with Crippen LogP contribution in [-0.2, 0) is 17.9 Å². The van der Waals surface area contributed by atoms with Gasteiger partial charge in [-0.1, -0.05) is 36.7 Å². The molecule has 0 unspecified atom stereocenters. The van der Waals surface area contributed by atoms with Crippen molar-refractivity contribution in [3.63, 3.8) is 0 Å². The van der Waals surface area contributed by atoms with Crippen molar-refractivity contribution in [3.05, 3.63) is 33.3 Å². The average molecular weight is 393 g/mol. The Morgan fingerprint density at radius 2 is 2.19 bits per heavy atom. The van der Waals surface area contributed by atoms with E-state index in [9.17, 15) is 9.59 Å². The molecule has 8 heteroatoms. The molecule has 140 valence electrons. The summed E-state index contributed by atoms with van der Waals surface area (Å²) < 4.78 is 4.27. The third-order valence-electron chi connectivity index (χ3n) is 4.94. The van der Waals surface area contributed by atoms with Crippen LogP contribution in [0.4, 0.5) is 0 Å². The Morgan fingerprint density at radius 3 is 2.85 bits per heavy atom. The summed E-state index contributed by atoms with van der Waals surface area (Å²) in [7, 11) is 0. The second kappa shape index (κ2) is 8.26. The van der Waals surface area contributed by atoms with Crippen LogP contribution < -0.4 is 5.56 Å². The molecule has 2 aromatic rings. The van der Waals surface area contributed by atoms with Crippen LogP contribution >= 0.6 is 23.6 Å². The van der Waals surface area contributed by atoms with E-state index >= 15 is 0 Å². The fourth-order valence-electron chi connectivity index (χ4n) is 3.64. The number of allylic oxidation sites excluding steroid dienone is 1. The van der Waals surface area contributed by atoms with Crippen molar-refractivity contribution in [1.82, 2.24) is 19.0 Å². The Kier molecular flexibility index (Phi) is 6.03. The van der Waals surface area contributed by atoms with Gasteiger partial charge in [0.15, 0.2) is 9.60 Å². The summed E-state index contributed by atoms with van der Waals surface area (Å²) in [5.74, 6) is -0.0169. The summed E-state index contributed by atoms with van der Waals surface area (Å²) in [5.41, 5.74) is 0.357. The van der Waals surface area contributed by atoms with Crippen molar-refractivity contribution in [3.8, 4) is 0 Å². The summed E-state index contributed by atoms with van der Waals surface area (Å²) in [6.45, 7) is 6.92. The number of amides is 1. The van der Waals surface area contributed by atoms with Gasteiger partial charge in [0.1, 0.15) is 17.6 Å². The smallest absolute Gasteiger partial charge is 0.273 e. The molecule has 6 nitrogen and oxygen atoms in total. The predicted molar refractivity (Wildman–Crippen MR) is 107 cm³/mol. The molecular weight excluding hydrogens is 368 g/mol. The standard InChI is InChI=1S/C18H24N4O2S2/c1-3-10-22-16-15(26-18(22)25)17(24)20(12-19-16)11-14(23)21(4-2)13-8-6-5-7-9-13/h3,12-13H,1,4-11H2,2H3. The van der Waals surface area contributed by atoms with Gasteiger partial charge in [-0.15, -0.1) is 6.58 Å². The lowest BCUT2D eigenvalue weighted by molar-refractivity contribution is -0.134. The van der Waals surface area contributed by atoms with Crippen LogP contribution in [0, 0.1) is 3.95 Å². The van der Waals surface area contributed by atoms with Crippen molar-refractivity contribution in [2.75, 3.05) is 6.54 Å². The van der Waals surface area contributed by atoms with Crippen LogP contribution in [0.1, 0.15) is 39.0 Å². The maximum Gasteiger partial charge on any atom is 0.273 e. The molecule has 1 saturated carbocycles. The van der Waals surface area contributed by atoms with Gasteiger partial charge in [-0.25, -0.2) is 4.98 Å². The monoisotopic (exact) mass is 392 g/mol. The molecule has 2 aromatic heterocycles. The maximum absolute atomic E-state index is 12.8. The molecule has 0 saturated heterocycles. The van der Waals surface area contributed by atoms with Crippen LogP contribution in [-0.4, -0.2) is 37.5 Å². The van der Waals surface area contributed by atoms with Crippen molar-refractivity contribution < 1.29 is 4.79 Å². The van der Waals surface area contributed by atoms with E-state index in [-0.39, 0.29) is 18.0 Å². The van der Waals surface area contributed by atoms with Gasteiger partial charge >= 0.3 is 0 Å². The Balaban J connectivity index is 1.87. The summed E-state index contributed by atoms with van der Waals surface area (Å²) in [6.07, 6.45) is 8.87. The second-order valence-corrected chi connectivity index (χ2v) is 8.21. The molecule has 0 N–H and O–H groups in total. The van der Waals surface area contributed by atoms with Crippen molar-refractivity contribution in [1.29, 1.82) is 0 Å². The fourth-order valence-corrected chi connectivity index (χ4v) is 4.96. The van der Waals surface area contributed by atoms with Crippen LogP contribution in [0.5, 0.6) is 0 Å². The molecule has 0 atom stereocenters. The second-order valence-electron chi connectivity index (χ2n) is 6.57. The Labute approximate surface area is 161 Å². The number of likely N-dealkylation sites (N-methyl/N-ethyl adjacent to an activating group) is 1. The van der Waals surface area contributed by atoms with Crippen LogP contribution in [0.15, 0.2) is 23.8 Å². The Bertz CT molecular complexity index is 921. The molecule has 1 aliphatic rings. The predicted octanol–water partition coefficient (Wildman–Crippen LogP) is 3.36. The summed E-state index contributed by atoms with van der Waals surface area (Å²) in [6, 6.07) is 0.296. The highest BCUT2D eigenvalue weighted by molar-refractivity contribution is 7.73.